The van der Waals surface area contributed by atoms with E-state index in [4.69, 9.17) is 21.1 Å². The molecule has 0 aliphatic carbocycles. The molecular weight excluding hydrogens is 216 g/mol. The summed E-state index contributed by atoms with van der Waals surface area (Å²) >= 11 is 5.73. The van der Waals surface area contributed by atoms with Crippen molar-refractivity contribution < 1.29 is 14.3 Å². The Balaban J connectivity index is 2.37. The molecule has 0 saturated carbocycles. The summed E-state index contributed by atoms with van der Waals surface area (Å²) in [6.07, 6.45) is 1.21. The molecule has 0 saturated heterocycles. The topological polar surface area (TPSA) is 50.4 Å². The first-order valence-electron chi connectivity index (χ1n) is 4.24. The number of benzene rings is 1. The molecule has 1 aromatic heterocycles. The zero-order valence-corrected chi connectivity index (χ0v) is 8.36. The maximum absolute atomic E-state index is 10.6. The lowest BCUT2D eigenvalue weighted by atomic mass is 10.1. The Morgan fingerprint density at radius 3 is 2.47 bits per heavy atom. The van der Waals surface area contributed by atoms with Crippen LogP contribution in [0, 0.1) is 0 Å². The van der Waals surface area contributed by atoms with Gasteiger partial charge in [0.2, 0.25) is 0 Å². The average Bonchev–Trinajstić information content (AvgIpc) is 2.68. The maximum Gasteiger partial charge on any atom is 0.338 e. The summed E-state index contributed by atoms with van der Waals surface area (Å²) in [7, 11) is 0. The average molecular weight is 223 g/mol. The zero-order valence-electron chi connectivity index (χ0n) is 7.61. The van der Waals surface area contributed by atoms with Crippen molar-refractivity contribution in [2.75, 3.05) is 0 Å². The fourth-order valence-corrected chi connectivity index (χ4v) is 1.34. The summed E-state index contributed by atoms with van der Waals surface area (Å²) in [4.78, 5) is 10.6. The summed E-state index contributed by atoms with van der Waals surface area (Å²) in [5.41, 5.74) is 0.937. The Bertz CT molecular complexity index is 485. The highest BCUT2D eigenvalue weighted by Crippen LogP contribution is 2.23. The van der Waals surface area contributed by atoms with Crippen molar-refractivity contribution in [2.24, 2.45) is 0 Å². The monoisotopic (exact) mass is 222 g/mol. The van der Waals surface area contributed by atoms with Crippen molar-refractivity contribution >= 4 is 17.6 Å². The van der Waals surface area contributed by atoms with E-state index >= 15 is 0 Å². The molecule has 0 unspecified atom stereocenters. The van der Waals surface area contributed by atoms with E-state index in [0.717, 1.165) is 5.56 Å². The molecule has 4 heteroatoms. The van der Waals surface area contributed by atoms with E-state index in [2.05, 4.69) is 0 Å². The van der Waals surface area contributed by atoms with Crippen LogP contribution < -0.4 is 0 Å². The number of hydrogen-bond donors (Lipinski definition) is 1. The Hall–Kier alpha value is -1.74. The van der Waals surface area contributed by atoms with Gasteiger partial charge in [-0.25, -0.2) is 4.79 Å². The first-order chi connectivity index (χ1) is 7.16. The van der Waals surface area contributed by atoms with E-state index < -0.39 is 5.97 Å². The molecular formula is C11H7ClO3. The van der Waals surface area contributed by atoms with Crippen LogP contribution in [0.4, 0.5) is 0 Å². The number of halogens is 1. The third-order valence-corrected chi connectivity index (χ3v) is 2.23. The highest BCUT2D eigenvalue weighted by atomic mass is 35.5. The second-order valence-corrected chi connectivity index (χ2v) is 3.45. The molecule has 0 aliphatic heterocycles. The second kappa shape index (κ2) is 3.79. The van der Waals surface area contributed by atoms with Gasteiger partial charge in [0.25, 0.3) is 0 Å². The van der Waals surface area contributed by atoms with Crippen molar-refractivity contribution in [3.8, 4) is 11.3 Å². The Labute approximate surface area is 90.9 Å². The zero-order chi connectivity index (χ0) is 10.8. The summed E-state index contributed by atoms with van der Waals surface area (Å²) in [5, 5.41) is 9.34. The van der Waals surface area contributed by atoms with E-state index in [-0.39, 0.29) is 5.56 Å². The van der Waals surface area contributed by atoms with E-state index in [1.807, 2.05) is 0 Å². The van der Waals surface area contributed by atoms with Gasteiger partial charge in [0.1, 0.15) is 12.0 Å². The van der Waals surface area contributed by atoms with Crippen LogP contribution in [0.3, 0.4) is 0 Å². The minimum absolute atomic E-state index is 0.139. The second-order valence-electron chi connectivity index (χ2n) is 3.01. The van der Waals surface area contributed by atoms with Crippen LogP contribution in [-0.4, -0.2) is 11.1 Å². The lowest BCUT2D eigenvalue weighted by Crippen LogP contribution is -1.91. The van der Waals surface area contributed by atoms with Gasteiger partial charge in [-0.3, -0.25) is 0 Å². The lowest BCUT2D eigenvalue weighted by Gasteiger charge is -1.95. The number of hydrogen-bond acceptors (Lipinski definition) is 2. The van der Waals surface area contributed by atoms with Crippen LogP contribution in [0.2, 0.25) is 5.02 Å². The van der Waals surface area contributed by atoms with Crippen LogP contribution in [0.15, 0.2) is 41.0 Å². The van der Waals surface area contributed by atoms with Gasteiger partial charge in [-0.2, -0.15) is 0 Å². The van der Waals surface area contributed by atoms with Crippen LogP contribution in [0.5, 0.6) is 0 Å². The molecule has 1 N–H and O–H groups in total. The first-order valence-corrected chi connectivity index (χ1v) is 4.62. The Morgan fingerprint density at radius 2 is 1.93 bits per heavy atom. The summed E-state index contributed by atoms with van der Waals surface area (Å²) in [6, 6.07) is 8.46. The quantitative estimate of drug-likeness (QED) is 0.848. The molecule has 0 aliphatic rings. The lowest BCUT2D eigenvalue weighted by molar-refractivity contribution is 0.0696. The predicted molar refractivity (Wildman–Crippen MR) is 56.1 cm³/mol. The first kappa shape index (κ1) is 9.80. The third kappa shape index (κ3) is 2.02. The molecule has 0 bridgehead atoms. The number of furan rings is 1. The van der Waals surface area contributed by atoms with Crippen LogP contribution in [0.1, 0.15) is 10.4 Å². The largest absolute Gasteiger partial charge is 0.478 e. The minimum atomic E-state index is -1.00. The molecule has 0 fully saturated rings. The summed E-state index contributed by atoms with van der Waals surface area (Å²) in [5.74, 6) is -0.483. The molecule has 1 heterocycles. The summed E-state index contributed by atoms with van der Waals surface area (Å²) < 4.78 is 5.13. The SMILES string of the molecule is O=C(O)c1coc(-c2ccc(Cl)cc2)c1. The smallest absolute Gasteiger partial charge is 0.338 e. The number of carboxylic acid groups (broad SMARTS) is 1. The van der Waals surface area contributed by atoms with Crippen molar-refractivity contribution in [3.05, 3.63) is 47.2 Å². The number of rotatable bonds is 2. The molecule has 0 atom stereocenters. The molecule has 15 heavy (non-hydrogen) atoms. The van der Waals surface area contributed by atoms with Gasteiger partial charge in [-0.1, -0.05) is 11.6 Å². The van der Waals surface area contributed by atoms with Gasteiger partial charge in [-0.05, 0) is 30.3 Å². The van der Waals surface area contributed by atoms with Crippen LogP contribution >= 0.6 is 11.6 Å². The van der Waals surface area contributed by atoms with E-state index in [9.17, 15) is 4.79 Å². The molecule has 76 valence electrons. The molecule has 3 nitrogen and oxygen atoms in total. The molecule has 2 aromatic rings. The molecule has 2 rings (SSSR count). The molecule has 0 amide bonds. The minimum Gasteiger partial charge on any atom is -0.478 e. The van der Waals surface area contributed by atoms with E-state index in [0.29, 0.717) is 10.8 Å². The normalized spacial score (nSPS) is 10.2. The molecule has 1 aromatic carbocycles. The standard InChI is InChI=1S/C11H7ClO3/c12-9-3-1-7(2-4-9)10-5-8(6-15-10)11(13)14/h1-6H,(H,13,14). The number of carboxylic acids is 1. The van der Waals surface area contributed by atoms with Crippen molar-refractivity contribution in [1.29, 1.82) is 0 Å². The van der Waals surface area contributed by atoms with Gasteiger partial charge in [0.05, 0.1) is 5.56 Å². The Morgan fingerprint density at radius 1 is 1.27 bits per heavy atom. The highest BCUT2D eigenvalue weighted by Gasteiger charge is 2.09. The maximum atomic E-state index is 10.6. The number of aromatic carboxylic acids is 1. The predicted octanol–water partition coefficient (Wildman–Crippen LogP) is 3.30. The van der Waals surface area contributed by atoms with Gasteiger partial charge >= 0.3 is 5.97 Å². The van der Waals surface area contributed by atoms with Crippen LogP contribution in [-0.2, 0) is 0 Å². The number of carbonyl (C=O) groups is 1. The van der Waals surface area contributed by atoms with Crippen LogP contribution in [0.25, 0.3) is 11.3 Å². The van der Waals surface area contributed by atoms with Gasteiger partial charge in [0.15, 0.2) is 0 Å². The van der Waals surface area contributed by atoms with Gasteiger partial charge in [-0.15, -0.1) is 0 Å². The summed E-state index contributed by atoms with van der Waals surface area (Å²) in [6.45, 7) is 0. The van der Waals surface area contributed by atoms with Gasteiger partial charge in [0, 0.05) is 10.6 Å². The third-order valence-electron chi connectivity index (χ3n) is 1.98. The highest BCUT2D eigenvalue weighted by molar-refractivity contribution is 6.30. The van der Waals surface area contributed by atoms with Crippen molar-refractivity contribution in [3.63, 3.8) is 0 Å². The fourth-order valence-electron chi connectivity index (χ4n) is 1.21. The molecule has 0 spiro atoms. The molecule has 0 radical (unpaired) electrons. The van der Waals surface area contributed by atoms with Crippen molar-refractivity contribution in [2.45, 2.75) is 0 Å². The van der Waals surface area contributed by atoms with E-state index in [1.54, 1.807) is 24.3 Å². The van der Waals surface area contributed by atoms with E-state index in [1.165, 1.54) is 12.3 Å². The Kier molecular flexibility index (Phi) is 2.47. The van der Waals surface area contributed by atoms with Gasteiger partial charge < -0.3 is 9.52 Å². The fraction of sp³-hybridized carbons (Fsp3) is 0. The van der Waals surface area contributed by atoms with Crippen molar-refractivity contribution in [1.82, 2.24) is 0 Å².